The van der Waals surface area contributed by atoms with Gasteiger partial charge in [-0.2, -0.15) is 5.26 Å². The minimum absolute atomic E-state index is 0.169. The van der Waals surface area contributed by atoms with Crippen molar-refractivity contribution in [2.75, 3.05) is 4.90 Å². The van der Waals surface area contributed by atoms with Crippen molar-refractivity contribution in [3.63, 3.8) is 0 Å². The zero-order chi connectivity index (χ0) is 23.1. The first-order chi connectivity index (χ1) is 16.8. The fourth-order valence-electron chi connectivity index (χ4n) is 6.13. The molecule has 3 heteroatoms. The van der Waals surface area contributed by atoms with Crippen LogP contribution in [0.1, 0.15) is 25.7 Å². The summed E-state index contributed by atoms with van der Waals surface area (Å²) >= 11 is 0. The summed E-state index contributed by atoms with van der Waals surface area (Å²) in [6.45, 7) is 3.79. The van der Waals surface area contributed by atoms with E-state index in [1.165, 1.54) is 46.8 Å². The number of hydrogen-bond donors (Lipinski definition) is 0. The first-order valence-corrected chi connectivity index (χ1v) is 12.3. The molecule has 4 atom stereocenters. The maximum absolute atomic E-state index is 9.48. The van der Waals surface area contributed by atoms with Crippen LogP contribution in [0.3, 0.4) is 0 Å². The molecule has 1 aliphatic heterocycles. The number of para-hydroxylation sites is 1. The van der Waals surface area contributed by atoms with Crippen LogP contribution in [-0.4, -0.2) is 16.7 Å². The summed E-state index contributed by atoms with van der Waals surface area (Å²) < 4.78 is 2.23. The highest BCUT2D eigenvalue weighted by atomic mass is 15.2. The minimum Gasteiger partial charge on any atom is -0.357 e. The quantitative estimate of drug-likeness (QED) is 0.385. The van der Waals surface area contributed by atoms with Gasteiger partial charge in [0, 0.05) is 28.6 Å². The van der Waals surface area contributed by atoms with Crippen LogP contribution in [0.2, 0.25) is 0 Å². The van der Waals surface area contributed by atoms with Crippen LogP contribution in [0.25, 0.3) is 28.0 Å². The van der Waals surface area contributed by atoms with E-state index < -0.39 is 0 Å². The third kappa shape index (κ3) is 3.25. The Balaban J connectivity index is 1.48. The second-order valence-corrected chi connectivity index (χ2v) is 9.53. The third-order valence-corrected chi connectivity index (χ3v) is 7.64. The lowest BCUT2D eigenvalue weighted by Crippen LogP contribution is -2.37. The summed E-state index contributed by atoms with van der Waals surface area (Å²) in [6, 6.07) is 18.7. The normalized spacial score (nSPS) is 24.3. The van der Waals surface area contributed by atoms with Crippen LogP contribution in [0.15, 0.2) is 97.1 Å². The molecule has 2 aromatic carbocycles. The van der Waals surface area contributed by atoms with E-state index in [0.717, 1.165) is 0 Å². The van der Waals surface area contributed by atoms with Gasteiger partial charge in [-0.1, -0.05) is 60.7 Å². The molecular formula is C31H29N3. The Bertz CT molecular complexity index is 1420. The van der Waals surface area contributed by atoms with Crippen LogP contribution >= 0.6 is 0 Å². The van der Waals surface area contributed by atoms with Crippen molar-refractivity contribution in [2.24, 2.45) is 11.8 Å². The number of rotatable bonds is 5. The van der Waals surface area contributed by atoms with Gasteiger partial charge in [0.15, 0.2) is 0 Å². The van der Waals surface area contributed by atoms with Gasteiger partial charge in [-0.05, 0) is 55.5 Å². The van der Waals surface area contributed by atoms with E-state index in [1.807, 2.05) is 12.2 Å². The molecule has 1 aromatic heterocycles. The number of hydrogen-bond acceptors (Lipinski definition) is 2. The predicted molar refractivity (Wildman–Crippen MR) is 142 cm³/mol. The first-order valence-electron chi connectivity index (χ1n) is 12.3. The summed E-state index contributed by atoms with van der Waals surface area (Å²) in [4.78, 5) is 2.66. The SMILES string of the molecule is C=CCC(C#N)/C=C\n1c2ccccc2c2cc(N3C4CCCC=C4C4C=CC=CC43)ccc21. The van der Waals surface area contributed by atoms with Crippen molar-refractivity contribution >= 4 is 33.7 Å². The number of nitriles is 1. The molecular weight excluding hydrogens is 414 g/mol. The van der Waals surface area contributed by atoms with Gasteiger partial charge >= 0.3 is 0 Å². The molecule has 3 nitrogen and oxygen atoms in total. The van der Waals surface area contributed by atoms with Crippen molar-refractivity contribution in [1.82, 2.24) is 4.57 Å². The number of allylic oxidation sites excluding steroid dienone is 5. The van der Waals surface area contributed by atoms with E-state index in [1.54, 1.807) is 5.57 Å². The Labute approximate surface area is 201 Å². The van der Waals surface area contributed by atoms with Crippen molar-refractivity contribution in [3.8, 4) is 6.07 Å². The van der Waals surface area contributed by atoms with Crippen molar-refractivity contribution in [1.29, 1.82) is 5.26 Å². The zero-order valence-corrected chi connectivity index (χ0v) is 19.3. The largest absolute Gasteiger partial charge is 0.357 e. The maximum Gasteiger partial charge on any atom is 0.0701 e. The number of nitrogens with zero attached hydrogens (tertiary/aromatic N) is 3. The van der Waals surface area contributed by atoms with Gasteiger partial charge in [0.1, 0.15) is 0 Å². The highest BCUT2D eigenvalue weighted by molar-refractivity contribution is 6.10. The summed E-state index contributed by atoms with van der Waals surface area (Å²) in [5.41, 5.74) is 5.24. The number of aromatic nitrogens is 1. The summed E-state index contributed by atoms with van der Waals surface area (Å²) in [7, 11) is 0. The van der Waals surface area contributed by atoms with E-state index in [4.69, 9.17) is 0 Å². The summed E-state index contributed by atoms with van der Waals surface area (Å²) in [5.74, 6) is 0.320. The van der Waals surface area contributed by atoms with E-state index in [0.29, 0.717) is 24.4 Å². The molecule has 0 amide bonds. The van der Waals surface area contributed by atoms with E-state index in [9.17, 15) is 5.26 Å². The van der Waals surface area contributed by atoms with Gasteiger partial charge in [0.25, 0.3) is 0 Å². The molecule has 0 saturated carbocycles. The van der Waals surface area contributed by atoms with Gasteiger partial charge in [-0.25, -0.2) is 0 Å². The Morgan fingerprint density at radius 2 is 1.94 bits per heavy atom. The fraction of sp³-hybridized carbons (Fsp3) is 0.258. The first kappa shape index (κ1) is 20.8. The van der Waals surface area contributed by atoms with E-state index in [2.05, 4.69) is 101 Å². The molecule has 1 saturated heterocycles. The Morgan fingerprint density at radius 1 is 1.09 bits per heavy atom. The standard InChI is InChI=1S/C31H29N3/c1-2-9-22(21-32)18-19-33-28-13-6-3-12-26(28)27-20-23(16-17-29(27)33)34-30-14-7-4-10-24(30)25-11-5-8-15-31(25)34/h2-4,6-7,10-14,16-20,22,24,30-31H,1,5,8-9,15H2/b19-18-. The van der Waals surface area contributed by atoms with Gasteiger partial charge in [-0.15, -0.1) is 6.58 Å². The molecule has 3 aliphatic rings. The molecule has 1 fully saturated rings. The van der Waals surface area contributed by atoms with Crippen LogP contribution < -0.4 is 4.90 Å². The lowest BCUT2D eigenvalue weighted by molar-refractivity contribution is 0.602. The molecule has 0 N–H and O–H groups in total. The van der Waals surface area contributed by atoms with Crippen molar-refractivity contribution < 1.29 is 0 Å². The Hall–Kier alpha value is -3.77. The Morgan fingerprint density at radius 3 is 2.82 bits per heavy atom. The summed E-state index contributed by atoms with van der Waals surface area (Å²) in [6.07, 6.45) is 21.9. The molecule has 4 unspecified atom stereocenters. The topological polar surface area (TPSA) is 32.0 Å². The average Bonchev–Trinajstić information content (AvgIpc) is 3.39. The molecule has 0 spiro atoms. The third-order valence-electron chi connectivity index (χ3n) is 7.64. The number of anilines is 1. The zero-order valence-electron chi connectivity index (χ0n) is 19.3. The molecule has 2 heterocycles. The lowest BCUT2D eigenvalue weighted by Gasteiger charge is -2.33. The van der Waals surface area contributed by atoms with Crippen LogP contribution in [0, 0.1) is 23.2 Å². The maximum atomic E-state index is 9.48. The molecule has 2 aliphatic carbocycles. The fourth-order valence-corrected chi connectivity index (χ4v) is 6.13. The van der Waals surface area contributed by atoms with Gasteiger partial charge in [0.05, 0.1) is 35.1 Å². The van der Waals surface area contributed by atoms with E-state index >= 15 is 0 Å². The molecule has 6 rings (SSSR count). The predicted octanol–water partition coefficient (Wildman–Crippen LogP) is 7.39. The molecule has 168 valence electrons. The highest BCUT2D eigenvalue weighted by Crippen LogP contribution is 2.46. The van der Waals surface area contributed by atoms with Gasteiger partial charge in [-0.3, -0.25) is 0 Å². The van der Waals surface area contributed by atoms with Crippen molar-refractivity contribution in [2.45, 2.75) is 37.8 Å². The lowest BCUT2D eigenvalue weighted by atomic mass is 9.85. The van der Waals surface area contributed by atoms with Crippen LogP contribution in [0.5, 0.6) is 0 Å². The highest BCUT2D eigenvalue weighted by Gasteiger charge is 2.43. The smallest absolute Gasteiger partial charge is 0.0701 e. The summed E-state index contributed by atoms with van der Waals surface area (Å²) in [5, 5.41) is 12.0. The molecule has 0 radical (unpaired) electrons. The van der Waals surface area contributed by atoms with Gasteiger partial charge < -0.3 is 9.47 Å². The minimum atomic E-state index is -0.169. The van der Waals surface area contributed by atoms with Crippen LogP contribution in [0.4, 0.5) is 5.69 Å². The average molecular weight is 444 g/mol. The second kappa shape index (κ2) is 8.54. The molecule has 0 bridgehead atoms. The number of fused-ring (bicyclic) bond motifs is 6. The second-order valence-electron chi connectivity index (χ2n) is 9.53. The van der Waals surface area contributed by atoms with Crippen LogP contribution in [-0.2, 0) is 0 Å². The number of benzene rings is 2. The molecule has 3 aromatic rings. The molecule has 34 heavy (non-hydrogen) atoms. The van der Waals surface area contributed by atoms with Crippen molar-refractivity contribution in [3.05, 3.63) is 97.1 Å². The van der Waals surface area contributed by atoms with Gasteiger partial charge in [0.2, 0.25) is 0 Å². The van der Waals surface area contributed by atoms with E-state index in [-0.39, 0.29) is 5.92 Å². The monoisotopic (exact) mass is 443 g/mol. The Kier molecular flexibility index (Phi) is 5.23.